The van der Waals surface area contributed by atoms with Crippen LogP contribution < -0.4 is 5.32 Å². The minimum Gasteiger partial charge on any atom is -0.307 e. The first-order chi connectivity index (χ1) is 16.6. The highest BCUT2D eigenvalue weighted by molar-refractivity contribution is 5.78. The van der Waals surface area contributed by atoms with E-state index < -0.39 is 0 Å². The zero-order valence-electron chi connectivity index (χ0n) is 23.4. The number of nitrogens with zero attached hydrogens (tertiary/aromatic N) is 2. The van der Waals surface area contributed by atoms with E-state index in [-0.39, 0.29) is 12.1 Å². The Kier molecular flexibility index (Phi) is 18.2. The van der Waals surface area contributed by atoms with Crippen LogP contribution in [0.5, 0.6) is 0 Å². The Morgan fingerprint density at radius 1 is 0.853 bits per heavy atom. The molecule has 0 saturated carbocycles. The number of allylic oxidation sites excluding steroid dienone is 2. The number of amides is 1. The molecule has 198 valence electrons. The number of quaternary nitrogens is 1. The van der Waals surface area contributed by atoms with Gasteiger partial charge in [0.15, 0.2) is 12.0 Å². The van der Waals surface area contributed by atoms with E-state index in [2.05, 4.69) is 38.2 Å². The zero-order valence-corrected chi connectivity index (χ0v) is 23.4. The molecule has 0 spiro atoms. The molecule has 4 nitrogen and oxygen atoms in total. The molecule has 1 rings (SSSR count). The Bertz CT molecular complexity index is 571. The van der Waals surface area contributed by atoms with Crippen LogP contribution in [0.15, 0.2) is 17.1 Å². The minimum atomic E-state index is 0.0584. The number of unbranched alkanes of at least 4 members (excludes halogenated alkanes) is 15. The highest BCUT2D eigenvalue weighted by Gasteiger charge is 2.41. The molecule has 1 aliphatic rings. The van der Waals surface area contributed by atoms with Crippen LogP contribution in [0.1, 0.15) is 143 Å². The highest BCUT2D eigenvalue weighted by Crippen LogP contribution is 2.23. The van der Waals surface area contributed by atoms with Gasteiger partial charge in [0.2, 0.25) is 5.91 Å². The van der Waals surface area contributed by atoms with E-state index in [1.54, 1.807) is 6.92 Å². The molecule has 0 aromatic carbocycles. The lowest BCUT2D eigenvalue weighted by Crippen LogP contribution is -2.62. The molecule has 4 heteroatoms. The Balaban J connectivity index is 1.97. The number of carbonyl (C=O) groups is 1. The number of nitrogens with one attached hydrogen (secondary N) is 1. The molecule has 1 N–H and O–H groups in total. The largest absolute Gasteiger partial charge is 0.307 e. The fraction of sp³-hybridized carbons (Fsp3) is 0.867. The molecule has 0 aliphatic carbocycles. The first-order valence-electron chi connectivity index (χ1n) is 14.9. The average Bonchev–Trinajstić information content (AvgIpc) is 3.24. The van der Waals surface area contributed by atoms with Crippen molar-refractivity contribution in [1.29, 1.82) is 0 Å². The standard InChI is InChI=1S/C30H57N3O/c1-5-7-8-9-10-11-12-13-14-15-16-17-18-19-20-21-22-23-24-25-30-31-26-27-33(30,6-2)28(3)32-29(4)34/h16-17,28H,5-15,18-27H2,1-4H3/p+1/b17-16+. The van der Waals surface area contributed by atoms with Crippen LogP contribution in [-0.4, -0.2) is 42.0 Å². The van der Waals surface area contributed by atoms with E-state index in [1.165, 1.54) is 115 Å². The van der Waals surface area contributed by atoms with Crippen molar-refractivity contribution in [2.24, 2.45) is 4.99 Å². The number of hydrogen-bond donors (Lipinski definition) is 1. The lowest BCUT2D eigenvalue weighted by molar-refractivity contribution is -0.861. The molecule has 0 saturated heterocycles. The second-order valence-corrected chi connectivity index (χ2v) is 10.5. The van der Waals surface area contributed by atoms with E-state index in [4.69, 9.17) is 4.99 Å². The summed E-state index contributed by atoms with van der Waals surface area (Å²) in [6.07, 6.45) is 29.2. The molecule has 1 aliphatic heterocycles. The summed E-state index contributed by atoms with van der Waals surface area (Å²) in [5.74, 6) is 1.36. The summed E-state index contributed by atoms with van der Waals surface area (Å²) < 4.78 is 0.852. The van der Waals surface area contributed by atoms with Gasteiger partial charge in [0.25, 0.3) is 0 Å². The van der Waals surface area contributed by atoms with Crippen molar-refractivity contribution in [3.63, 3.8) is 0 Å². The van der Waals surface area contributed by atoms with Gasteiger partial charge >= 0.3 is 0 Å². The van der Waals surface area contributed by atoms with Crippen molar-refractivity contribution >= 4 is 11.7 Å². The topological polar surface area (TPSA) is 41.5 Å². The van der Waals surface area contributed by atoms with Gasteiger partial charge in [-0.2, -0.15) is 0 Å². The summed E-state index contributed by atoms with van der Waals surface area (Å²) in [6.45, 7) is 11.2. The van der Waals surface area contributed by atoms with Crippen LogP contribution in [0.2, 0.25) is 0 Å². The molecule has 0 radical (unpaired) electrons. The van der Waals surface area contributed by atoms with Crippen molar-refractivity contribution in [2.75, 3.05) is 19.6 Å². The molecular weight excluding hydrogens is 418 g/mol. The lowest BCUT2D eigenvalue weighted by atomic mass is 10.1. The molecule has 2 unspecified atom stereocenters. The van der Waals surface area contributed by atoms with Crippen molar-refractivity contribution in [3.8, 4) is 0 Å². The van der Waals surface area contributed by atoms with Gasteiger partial charge in [-0.1, -0.05) is 96.1 Å². The maximum Gasteiger partial charge on any atom is 0.221 e. The van der Waals surface area contributed by atoms with Gasteiger partial charge in [-0.05, 0) is 39.0 Å². The van der Waals surface area contributed by atoms with Crippen molar-refractivity contribution in [2.45, 2.75) is 149 Å². The average molecular weight is 477 g/mol. The van der Waals surface area contributed by atoms with Gasteiger partial charge in [-0.3, -0.25) is 9.28 Å². The number of hydrogen-bond acceptors (Lipinski definition) is 2. The van der Waals surface area contributed by atoms with E-state index >= 15 is 0 Å². The third-order valence-corrected chi connectivity index (χ3v) is 7.69. The summed E-state index contributed by atoms with van der Waals surface area (Å²) in [6, 6.07) is 0. The number of likely N-dealkylation sites (N-methyl/N-ethyl adjacent to an activating group) is 1. The fourth-order valence-corrected chi connectivity index (χ4v) is 5.44. The second kappa shape index (κ2) is 20.1. The van der Waals surface area contributed by atoms with Gasteiger partial charge in [0, 0.05) is 20.3 Å². The number of carbonyl (C=O) groups excluding carboxylic acids is 1. The molecule has 1 heterocycles. The van der Waals surface area contributed by atoms with Crippen LogP contribution in [-0.2, 0) is 4.79 Å². The summed E-state index contributed by atoms with van der Waals surface area (Å²) in [7, 11) is 0. The predicted molar refractivity (Wildman–Crippen MR) is 149 cm³/mol. The molecule has 34 heavy (non-hydrogen) atoms. The zero-order chi connectivity index (χ0) is 24.9. The van der Waals surface area contributed by atoms with Crippen molar-refractivity contribution in [1.82, 2.24) is 5.32 Å². The maximum absolute atomic E-state index is 11.6. The number of aliphatic imine (C=N–C) groups is 1. The molecular formula is C30H58N3O+. The van der Waals surface area contributed by atoms with Gasteiger partial charge in [-0.25, -0.2) is 4.99 Å². The van der Waals surface area contributed by atoms with Crippen LogP contribution in [0.3, 0.4) is 0 Å². The summed E-state index contributed by atoms with van der Waals surface area (Å²) >= 11 is 0. The van der Waals surface area contributed by atoms with E-state index in [9.17, 15) is 4.79 Å². The summed E-state index contributed by atoms with van der Waals surface area (Å²) in [5, 5.41) is 3.12. The van der Waals surface area contributed by atoms with E-state index in [0.717, 1.165) is 30.5 Å². The third-order valence-electron chi connectivity index (χ3n) is 7.69. The normalized spacial score (nSPS) is 19.0. The van der Waals surface area contributed by atoms with Gasteiger partial charge in [-0.15, -0.1) is 0 Å². The monoisotopic (exact) mass is 476 g/mol. The molecule has 1 amide bonds. The van der Waals surface area contributed by atoms with E-state index in [1.807, 2.05) is 0 Å². The number of amidine groups is 1. The minimum absolute atomic E-state index is 0.0584. The molecule has 0 aromatic rings. The Morgan fingerprint density at radius 2 is 1.35 bits per heavy atom. The molecule has 0 fully saturated rings. The van der Waals surface area contributed by atoms with Crippen LogP contribution in [0, 0.1) is 0 Å². The van der Waals surface area contributed by atoms with Gasteiger partial charge in [0.05, 0.1) is 13.1 Å². The van der Waals surface area contributed by atoms with Gasteiger partial charge in [0.1, 0.15) is 6.54 Å². The first kappa shape index (κ1) is 30.9. The second-order valence-electron chi connectivity index (χ2n) is 10.5. The maximum atomic E-state index is 11.6. The van der Waals surface area contributed by atoms with Crippen LogP contribution in [0.25, 0.3) is 0 Å². The predicted octanol–water partition coefficient (Wildman–Crippen LogP) is 8.32. The third kappa shape index (κ3) is 13.1. The first-order valence-corrected chi connectivity index (χ1v) is 14.9. The molecule has 0 aromatic heterocycles. The summed E-state index contributed by atoms with van der Waals surface area (Å²) in [5.41, 5.74) is 0. The van der Waals surface area contributed by atoms with Crippen molar-refractivity contribution < 1.29 is 9.28 Å². The fourth-order valence-electron chi connectivity index (χ4n) is 5.44. The highest BCUT2D eigenvalue weighted by atomic mass is 16.1. The quantitative estimate of drug-likeness (QED) is 0.0952. The Hall–Kier alpha value is -1.16. The Labute approximate surface area is 212 Å². The Morgan fingerprint density at radius 3 is 1.85 bits per heavy atom. The van der Waals surface area contributed by atoms with Gasteiger partial charge < -0.3 is 5.32 Å². The van der Waals surface area contributed by atoms with Crippen LogP contribution in [0.4, 0.5) is 0 Å². The smallest absolute Gasteiger partial charge is 0.221 e. The van der Waals surface area contributed by atoms with Crippen LogP contribution >= 0.6 is 0 Å². The van der Waals surface area contributed by atoms with E-state index in [0.29, 0.717) is 0 Å². The summed E-state index contributed by atoms with van der Waals surface area (Å²) in [4.78, 5) is 16.4. The molecule has 0 bridgehead atoms. The SMILES string of the molecule is CCCCCCCCCCC/C=C/CCCCCCCCC1=NCC[N+]1(CC)C(C)NC(C)=O. The molecule has 2 atom stereocenters. The number of rotatable bonds is 22. The van der Waals surface area contributed by atoms with Crippen molar-refractivity contribution in [3.05, 3.63) is 12.2 Å². The lowest BCUT2D eigenvalue weighted by Gasteiger charge is -2.39.